The van der Waals surface area contributed by atoms with Crippen LogP contribution in [0.4, 0.5) is 26.3 Å². The quantitative estimate of drug-likeness (QED) is 0.128. The van der Waals surface area contributed by atoms with Gasteiger partial charge in [-0.15, -0.1) is 11.8 Å². The molecule has 0 heterocycles. The fraction of sp³-hybridized carbons (Fsp3) is 0.250. The van der Waals surface area contributed by atoms with Gasteiger partial charge in [0.05, 0.1) is 12.5 Å². The molecule has 206 valence electrons. The van der Waals surface area contributed by atoms with Crippen LogP contribution in [-0.2, 0) is 40.0 Å². The maximum Gasteiger partial charge on any atom is 2.00 e. The Hall–Kier alpha value is -1.10. The van der Waals surface area contributed by atoms with Gasteiger partial charge in [-0.2, -0.15) is 31.6 Å². The maximum absolute atomic E-state index is 10.7. The Labute approximate surface area is 210 Å². The summed E-state index contributed by atoms with van der Waals surface area (Å²) in [7, 11) is -12.2. The van der Waals surface area contributed by atoms with Crippen LogP contribution in [0.3, 0.4) is 0 Å². The van der Waals surface area contributed by atoms with Crippen LogP contribution >= 0.6 is 11.8 Å². The second-order valence-corrected chi connectivity index (χ2v) is 7.59. The molecule has 0 spiro atoms. The van der Waals surface area contributed by atoms with Crippen LogP contribution in [0, 0.1) is 24.2 Å². The molecule has 0 bridgehead atoms. The van der Waals surface area contributed by atoms with Crippen LogP contribution < -0.4 is 30.8 Å². The molecule has 0 aliphatic carbocycles. The number of nitrogens with zero attached hydrogens (tertiary/aromatic N) is 1. The van der Waals surface area contributed by atoms with Crippen molar-refractivity contribution >= 4 is 32.0 Å². The predicted octanol–water partition coefficient (Wildman–Crippen LogP) is 3.60. The zero-order chi connectivity index (χ0) is 22.8. The second kappa shape index (κ2) is 22.4. The molecule has 1 aromatic rings. The van der Waals surface area contributed by atoms with Crippen LogP contribution in [0.15, 0.2) is 29.2 Å². The summed E-state index contributed by atoms with van der Waals surface area (Å²) >= 11 is 1.69. The molecule has 0 unspecified atom stereocenters. The molecule has 12 nitrogen and oxygen atoms in total. The van der Waals surface area contributed by atoms with Crippen molar-refractivity contribution in [3.63, 3.8) is 0 Å². The van der Waals surface area contributed by atoms with Gasteiger partial charge in [-0.1, -0.05) is 18.2 Å². The molecule has 0 amide bonds. The van der Waals surface area contributed by atoms with E-state index in [2.05, 4.69) is 0 Å². The van der Waals surface area contributed by atoms with Gasteiger partial charge in [0, 0.05) is 11.3 Å². The number of hydrogen-bond acceptors (Lipinski definition) is 13. The van der Waals surface area contributed by atoms with Gasteiger partial charge in [-0.3, -0.25) is 0 Å². The zero-order valence-electron chi connectivity index (χ0n) is 17.2. The molecule has 0 aliphatic heterocycles. The first kappa shape index (κ1) is 54.0. The van der Waals surface area contributed by atoms with E-state index in [1.165, 1.54) is 11.3 Å². The van der Waals surface area contributed by atoms with Crippen molar-refractivity contribution in [2.75, 3.05) is 6.26 Å². The third-order valence-corrected chi connectivity index (χ3v) is 3.99. The number of halogens is 6. The van der Waals surface area contributed by atoms with Crippen molar-refractivity contribution in [2.24, 2.45) is 0 Å². The van der Waals surface area contributed by atoms with E-state index >= 15 is 0 Å². The number of hydrogen-bond donors (Lipinski definition) is 5. The molecule has 0 aliphatic rings. The minimum atomic E-state index is -6.09. The first-order valence-electron chi connectivity index (χ1n) is 6.12. The molecule has 1 rings (SSSR count). The Morgan fingerprint density at radius 3 is 1.38 bits per heavy atom. The van der Waals surface area contributed by atoms with Gasteiger partial charge in [0.2, 0.25) is 0 Å². The SMILES string of the molecule is CSc1ccccc1[CH][CH]C#N.N.N.N.N.N.O=S(=O)([O-])C(F)(F)F.O=S(=O)([O-])C(F)(F)F.[Os+2]. The van der Waals surface area contributed by atoms with Gasteiger partial charge in [0.15, 0.2) is 20.2 Å². The monoisotopic (exact) mass is 750 g/mol. The van der Waals surface area contributed by atoms with E-state index in [0.717, 1.165) is 5.56 Å². The largest absolute Gasteiger partial charge is 2.00 e. The van der Waals surface area contributed by atoms with Crippen LogP contribution in [-0.4, -0.2) is 43.2 Å². The number of rotatable bonds is 3. The van der Waals surface area contributed by atoms with Gasteiger partial charge >= 0.3 is 30.8 Å². The average molecular weight is 749 g/mol. The van der Waals surface area contributed by atoms with Crippen LogP contribution in [0.2, 0.25) is 0 Å². The molecule has 1 aromatic carbocycles. The normalized spacial score (nSPS) is 9.88. The predicted molar refractivity (Wildman–Crippen MR) is 108 cm³/mol. The fourth-order valence-electron chi connectivity index (χ4n) is 0.931. The summed E-state index contributed by atoms with van der Waals surface area (Å²) in [5.74, 6) is 0. The standard InChI is InChI=1S/C10H9NS.2CHF3O3S.5H3N.Os/c1-12-10-7-3-2-5-9(10)6-4-8-11;2*2-1(3,4)8(5,6)7;;;;;;/h2-7H,1H3;2*(H,5,6,7);5*1H3;/q;;;;;;;;+2/p-2. The molecular formula is C12H24F6N6O6OsS3. The van der Waals surface area contributed by atoms with Crippen molar-refractivity contribution in [3.8, 4) is 6.07 Å². The molecule has 22 heteroatoms. The van der Waals surface area contributed by atoms with E-state index in [1.807, 2.05) is 43.0 Å². The molecule has 15 N–H and O–H groups in total. The van der Waals surface area contributed by atoms with E-state index in [1.54, 1.807) is 11.8 Å². The van der Waals surface area contributed by atoms with E-state index < -0.39 is 31.3 Å². The summed E-state index contributed by atoms with van der Waals surface area (Å²) in [5.41, 5.74) is -10.2. The molecular weight excluding hydrogens is 725 g/mol. The second-order valence-electron chi connectivity index (χ2n) is 4.00. The van der Waals surface area contributed by atoms with Crippen molar-refractivity contribution in [1.82, 2.24) is 30.8 Å². The Bertz CT molecular complexity index is 840. The van der Waals surface area contributed by atoms with Gasteiger partial charge in [0.25, 0.3) is 0 Å². The van der Waals surface area contributed by atoms with Crippen molar-refractivity contribution in [1.29, 1.82) is 5.26 Å². The third kappa shape index (κ3) is 24.0. The smallest absolute Gasteiger partial charge is 0.741 e. The summed E-state index contributed by atoms with van der Waals surface area (Å²) in [6.45, 7) is 0. The average Bonchev–Trinajstić information content (AvgIpc) is 2.50. The molecule has 2 radical (unpaired) electrons. The van der Waals surface area contributed by atoms with Gasteiger partial charge in [-0.25, -0.2) is 16.8 Å². The topological polar surface area (TPSA) is 313 Å². The Kier molecular flexibility index (Phi) is 35.5. The number of benzene rings is 1. The Morgan fingerprint density at radius 1 is 0.853 bits per heavy atom. The number of thioether (sulfide) groups is 1. The van der Waals surface area contributed by atoms with E-state index in [0.29, 0.717) is 0 Å². The van der Waals surface area contributed by atoms with Crippen molar-refractivity contribution in [2.45, 2.75) is 15.9 Å². The third-order valence-electron chi connectivity index (χ3n) is 2.04. The molecule has 0 aromatic heterocycles. The van der Waals surface area contributed by atoms with Crippen molar-refractivity contribution < 1.29 is 72.1 Å². The molecule has 0 saturated carbocycles. The van der Waals surface area contributed by atoms with Gasteiger partial charge in [0.1, 0.15) is 0 Å². The summed E-state index contributed by atoms with van der Waals surface area (Å²) in [5, 5.41) is 8.35. The Balaban J connectivity index is -0.0000000470. The zero-order valence-corrected chi connectivity index (χ0v) is 22.2. The minimum Gasteiger partial charge on any atom is -0.741 e. The van der Waals surface area contributed by atoms with Crippen LogP contribution in [0.5, 0.6) is 0 Å². The first-order chi connectivity index (χ1) is 12.4. The van der Waals surface area contributed by atoms with E-state index in [-0.39, 0.29) is 50.5 Å². The number of nitriles is 1. The van der Waals surface area contributed by atoms with Crippen LogP contribution in [0.25, 0.3) is 0 Å². The summed E-state index contributed by atoms with van der Waals surface area (Å²) in [4.78, 5) is 1.20. The fourth-order valence-corrected chi connectivity index (χ4v) is 1.52. The summed E-state index contributed by atoms with van der Waals surface area (Å²) in [6.07, 6.45) is 5.35. The van der Waals surface area contributed by atoms with Crippen LogP contribution in [0.1, 0.15) is 5.56 Å². The molecule has 0 saturated heterocycles. The summed E-state index contributed by atoms with van der Waals surface area (Å²) < 4.78 is 118. The Morgan fingerprint density at radius 2 is 1.15 bits per heavy atom. The van der Waals surface area contributed by atoms with Crippen molar-refractivity contribution in [3.05, 3.63) is 42.7 Å². The molecule has 34 heavy (non-hydrogen) atoms. The van der Waals surface area contributed by atoms with Gasteiger partial charge in [-0.05, 0) is 17.9 Å². The molecule has 0 fully saturated rings. The molecule has 0 atom stereocenters. The van der Waals surface area contributed by atoms with E-state index in [4.69, 9.17) is 31.2 Å². The maximum atomic E-state index is 10.7. The minimum absolute atomic E-state index is 0. The summed E-state index contributed by atoms with van der Waals surface area (Å²) in [6, 6.07) is 9.99. The number of alkyl halides is 6. The van der Waals surface area contributed by atoms with E-state index in [9.17, 15) is 26.3 Å². The van der Waals surface area contributed by atoms with Gasteiger partial charge < -0.3 is 39.9 Å². The first-order valence-corrected chi connectivity index (χ1v) is 10.2.